The minimum atomic E-state index is 0.202. The van der Waals surface area contributed by atoms with Crippen molar-refractivity contribution in [2.75, 3.05) is 6.61 Å². The molecule has 0 aliphatic heterocycles. The fourth-order valence-electron chi connectivity index (χ4n) is 1.65. The van der Waals surface area contributed by atoms with Crippen molar-refractivity contribution in [2.24, 2.45) is 5.73 Å². The summed E-state index contributed by atoms with van der Waals surface area (Å²) in [4.78, 5) is 0. The normalized spacial score (nSPS) is 13.5. The summed E-state index contributed by atoms with van der Waals surface area (Å²) in [6.45, 7) is 9.41. The summed E-state index contributed by atoms with van der Waals surface area (Å²) in [6.07, 6.45) is 2.03. The highest BCUT2D eigenvalue weighted by molar-refractivity contribution is 5.31. The van der Waals surface area contributed by atoms with Gasteiger partial charge in [0.2, 0.25) is 0 Å². The lowest BCUT2D eigenvalue weighted by molar-refractivity contribution is 0.302. The van der Waals surface area contributed by atoms with Crippen LogP contribution in [0.4, 0.5) is 0 Å². The van der Waals surface area contributed by atoms with Crippen molar-refractivity contribution >= 4 is 0 Å². The number of ether oxygens (including phenoxy) is 1. The largest absolute Gasteiger partial charge is 0.494 e. The van der Waals surface area contributed by atoms with Crippen LogP contribution in [0.1, 0.15) is 46.1 Å². The summed E-state index contributed by atoms with van der Waals surface area (Å²) in [5.41, 5.74) is 7.22. The second-order valence-electron chi connectivity index (χ2n) is 5.74. The van der Waals surface area contributed by atoms with E-state index in [1.54, 1.807) is 0 Å². The van der Waals surface area contributed by atoms with Crippen LogP contribution in [0.3, 0.4) is 0 Å². The van der Waals surface area contributed by atoms with Gasteiger partial charge in [-0.15, -0.1) is 0 Å². The van der Waals surface area contributed by atoms with E-state index in [4.69, 9.17) is 10.5 Å². The van der Waals surface area contributed by atoms with Gasteiger partial charge >= 0.3 is 0 Å². The molecule has 0 aliphatic carbocycles. The molecule has 0 amide bonds. The average molecular weight is 235 g/mol. The Labute approximate surface area is 105 Å². The number of rotatable bonds is 5. The lowest BCUT2D eigenvalue weighted by atomic mass is 9.87. The molecule has 2 nitrogen and oxygen atoms in total. The van der Waals surface area contributed by atoms with Crippen molar-refractivity contribution in [1.82, 2.24) is 0 Å². The van der Waals surface area contributed by atoms with Crippen molar-refractivity contribution in [2.45, 2.75) is 52.0 Å². The number of nitrogens with two attached hydrogens (primary N) is 1. The van der Waals surface area contributed by atoms with Gasteiger partial charge in [-0.05, 0) is 42.9 Å². The minimum absolute atomic E-state index is 0.202. The standard InChI is InChI=1S/C15H25NO/c1-12(16)6-5-11-17-14-9-7-13(8-10-14)15(2,3)4/h7-10,12H,5-6,11,16H2,1-4H3. The quantitative estimate of drug-likeness (QED) is 0.793. The van der Waals surface area contributed by atoms with Gasteiger partial charge in [0.15, 0.2) is 0 Å². The van der Waals surface area contributed by atoms with Crippen LogP contribution in [0, 0.1) is 0 Å². The predicted octanol–water partition coefficient (Wildman–Crippen LogP) is 3.49. The van der Waals surface area contributed by atoms with Gasteiger partial charge in [-0.25, -0.2) is 0 Å². The lowest BCUT2D eigenvalue weighted by Gasteiger charge is -2.19. The fraction of sp³-hybridized carbons (Fsp3) is 0.600. The Bertz CT molecular complexity index is 322. The van der Waals surface area contributed by atoms with E-state index in [1.807, 2.05) is 19.1 Å². The van der Waals surface area contributed by atoms with Gasteiger partial charge in [0.05, 0.1) is 6.61 Å². The predicted molar refractivity (Wildman–Crippen MR) is 73.5 cm³/mol. The minimum Gasteiger partial charge on any atom is -0.494 e. The molecule has 96 valence electrons. The molecule has 2 N–H and O–H groups in total. The van der Waals surface area contributed by atoms with Crippen molar-refractivity contribution in [3.8, 4) is 5.75 Å². The summed E-state index contributed by atoms with van der Waals surface area (Å²) < 4.78 is 5.67. The molecule has 1 rings (SSSR count). The van der Waals surface area contributed by atoms with Crippen LogP contribution in [0.25, 0.3) is 0 Å². The summed E-state index contributed by atoms with van der Waals surface area (Å²) in [5, 5.41) is 0. The highest BCUT2D eigenvalue weighted by Gasteiger charge is 2.12. The third-order valence-electron chi connectivity index (χ3n) is 2.79. The van der Waals surface area contributed by atoms with E-state index in [0.29, 0.717) is 0 Å². The first-order valence-electron chi connectivity index (χ1n) is 6.38. The van der Waals surface area contributed by atoms with E-state index >= 15 is 0 Å². The number of hydrogen-bond donors (Lipinski definition) is 1. The highest BCUT2D eigenvalue weighted by Crippen LogP contribution is 2.24. The molecule has 1 aromatic rings. The number of hydrogen-bond acceptors (Lipinski definition) is 2. The third kappa shape index (κ3) is 5.22. The van der Waals surface area contributed by atoms with Crippen LogP contribution in [0.5, 0.6) is 5.75 Å². The van der Waals surface area contributed by atoms with Crippen LogP contribution in [-0.2, 0) is 5.41 Å². The van der Waals surface area contributed by atoms with Gasteiger partial charge in [0.25, 0.3) is 0 Å². The van der Waals surface area contributed by atoms with E-state index in [2.05, 4.69) is 32.9 Å². The van der Waals surface area contributed by atoms with Gasteiger partial charge in [0.1, 0.15) is 5.75 Å². The fourth-order valence-corrected chi connectivity index (χ4v) is 1.65. The van der Waals surface area contributed by atoms with Crippen molar-refractivity contribution in [3.63, 3.8) is 0 Å². The first kappa shape index (κ1) is 14.0. The van der Waals surface area contributed by atoms with E-state index in [0.717, 1.165) is 25.2 Å². The molecule has 0 radical (unpaired) electrons. The SMILES string of the molecule is CC(N)CCCOc1ccc(C(C)(C)C)cc1. The molecule has 0 aromatic heterocycles. The molecule has 0 aliphatic rings. The smallest absolute Gasteiger partial charge is 0.119 e. The zero-order chi connectivity index (χ0) is 12.9. The molecule has 0 saturated carbocycles. The van der Waals surface area contributed by atoms with Crippen molar-refractivity contribution in [1.29, 1.82) is 0 Å². The topological polar surface area (TPSA) is 35.2 Å². The molecule has 0 bridgehead atoms. The summed E-state index contributed by atoms with van der Waals surface area (Å²) in [5.74, 6) is 0.947. The van der Waals surface area contributed by atoms with Crippen molar-refractivity contribution in [3.05, 3.63) is 29.8 Å². The maximum atomic E-state index is 5.68. The van der Waals surface area contributed by atoms with Gasteiger partial charge in [-0.1, -0.05) is 32.9 Å². The average Bonchev–Trinajstić information content (AvgIpc) is 2.23. The Morgan fingerprint density at radius 1 is 1.18 bits per heavy atom. The molecule has 0 fully saturated rings. The summed E-state index contributed by atoms with van der Waals surface area (Å²) >= 11 is 0. The van der Waals surface area contributed by atoms with Crippen LogP contribution >= 0.6 is 0 Å². The Kier molecular flexibility index (Phi) is 5.01. The van der Waals surface area contributed by atoms with Gasteiger partial charge in [-0.2, -0.15) is 0 Å². The van der Waals surface area contributed by atoms with Crippen molar-refractivity contribution < 1.29 is 4.74 Å². The maximum absolute atomic E-state index is 5.68. The van der Waals surface area contributed by atoms with Gasteiger partial charge in [0, 0.05) is 6.04 Å². The molecule has 0 spiro atoms. The van der Waals surface area contributed by atoms with Crippen LogP contribution in [0.15, 0.2) is 24.3 Å². The molecule has 1 aromatic carbocycles. The zero-order valence-electron chi connectivity index (χ0n) is 11.5. The summed E-state index contributed by atoms with van der Waals surface area (Å²) in [6, 6.07) is 8.64. The Balaban J connectivity index is 2.41. The second-order valence-corrected chi connectivity index (χ2v) is 5.74. The molecule has 0 saturated heterocycles. The second kappa shape index (κ2) is 6.06. The third-order valence-corrected chi connectivity index (χ3v) is 2.79. The van der Waals surface area contributed by atoms with E-state index in [9.17, 15) is 0 Å². The van der Waals surface area contributed by atoms with Crippen LogP contribution in [0.2, 0.25) is 0 Å². The van der Waals surface area contributed by atoms with E-state index in [-0.39, 0.29) is 11.5 Å². The Hall–Kier alpha value is -1.02. The summed E-state index contributed by atoms with van der Waals surface area (Å²) in [7, 11) is 0. The first-order valence-corrected chi connectivity index (χ1v) is 6.38. The molecular formula is C15H25NO. The Morgan fingerprint density at radius 3 is 2.24 bits per heavy atom. The molecule has 1 unspecified atom stereocenters. The van der Waals surface area contributed by atoms with Gasteiger partial charge in [-0.3, -0.25) is 0 Å². The number of benzene rings is 1. The molecular weight excluding hydrogens is 210 g/mol. The van der Waals surface area contributed by atoms with Gasteiger partial charge < -0.3 is 10.5 Å². The Morgan fingerprint density at radius 2 is 1.76 bits per heavy atom. The zero-order valence-corrected chi connectivity index (χ0v) is 11.5. The van der Waals surface area contributed by atoms with Crippen LogP contribution in [-0.4, -0.2) is 12.6 Å². The van der Waals surface area contributed by atoms with E-state index in [1.165, 1.54) is 5.56 Å². The highest BCUT2D eigenvalue weighted by atomic mass is 16.5. The maximum Gasteiger partial charge on any atom is 0.119 e. The molecule has 17 heavy (non-hydrogen) atoms. The monoisotopic (exact) mass is 235 g/mol. The molecule has 2 heteroatoms. The van der Waals surface area contributed by atoms with E-state index < -0.39 is 0 Å². The molecule has 0 heterocycles. The first-order chi connectivity index (χ1) is 7.89. The van der Waals surface area contributed by atoms with Crippen LogP contribution < -0.4 is 10.5 Å². The lowest BCUT2D eigenvalue weighted by Crippen LogP contribution is -2.15. The molecule has 1 atom stereocenters.